The van der Waals surface area contributed by atoms with E-state index < -0.39 is 5.91 Å². The molecule has 1 aliphatic carbocycles. The van der Waals surface area contributed by atoms with E-state index in [1.807, 2.05) is 0 Å². The third kappa shape index (κ3) is 2.39. The highest BCUT2D eigenvalue weighted by Gasteiger charge is 2.31. The van der Waals surface area contributed by atoms with E-state index in [1.165, 1.54) is 0 Å². The maximum atomic E-state index is 12.5. The maximum Gasteiger partial charge on any atom is 0.286 e. The molecule has 0 unspecified atom stereocenters. The molecule has 1 atom stereocenters. The predicted molar refractivity (Wildman–Crippen MR) is 86.5 cm³/mol. The van der Waals surface area contributed by atoms with Crippen LogP contribution in [-0.2, 0) is 17.6 Å². The van der Waals surface area contributed by atoms with Crippen molar-refractivity contribution in [1.82, 2.24) is 15.5 Å². The van der Waals surface area contributed by atoms with Gasteiger partial charge in [-0.2, -0.15) is 5.10 Å². The highest BCUT2D eigenvalue weighted by atomic mass is 16.4. The number of hydrogen-bond acceptors (Lipinski definition) is 5. The minimum atomic E-state index is -0.692. The molecule has 2 aromatic heterocycles. The lowest BCUT2D eigenvalue weighted by Gasteiger charge is -2.12. The minimum Gasteiger partial charge on any atom is -0.448 e. The molecule has 1 saturated heterocycles. The molecular formula is C16H19N5O3. The summed E-state index contributed by atoms with van der Waals surface area (Å²) >= 11 is 0. The molecule has 8 nitrogen and oxygen atoms in total. The minimum absolute atomic E-state index is 0.000368. The zero-order valence-corrected chi connectivity index (χ0v) is 13.1. The fourth-order valence-electron chi connectivity index (χ4n) is 3.49. The van der Waals surface area contributed by atoms with Crippen LogP contribution in [0.25, 0.3) is 11.3 Å². The first-order valence-electron chi connectivity index (χ1n) is 8.17. The number of anilines is 1. The number of aromatic amines is 1. The Morgan fingerprint density at radius 1 is 1.33 bits per heavy atom. The molecule has 2 aromatic rings. The monoisotopic (exact) mass is 329 g/mol. The SMILES string of the molecule is NC(=O)c1oc2c(c1NC(=O)[C@H]1CCCN1)CCCc1[nH]ncc1-2. The van der Waals surface area contributed by atoms with E-state index in [1.54, 1.807) is 6.20 Å². The van der Waals surface area contributed by atoms with Gasteiger partial charge in [-0.25, -0.2) is 0 Å². The first kappa shape index (κ1) is 14.9. The lowest BCUT2D eigenvalue weighted by Crippen LogP contribution is -2.36. The van der Waals surface area contributed by atoms with Gasteiger partial charge in [0.15, 0.2) is 0 Å². The van der Waals surface area contributed by atoms with Crippen molar-refractivity contribution in [3.05, 3.63) is 23.2 Å². The lowest BCUT2D eigenvalue weighted by atomic mass is 10.1. The molecule has 5 N–H and O–H groups in total. The molecule has 0 saturated carbocycles. The number of carbonyl (C=O) groups is 2. The Bertz CT molecular complexity index is 801. The van der Waals surface area contributed by atoms with Gasteiger partial charge in [-0.15, -0.1) is 0 Å². The molecule has 0 spiro atoms. The van der Waals surface area contributed by atoms with Crippen molar-refractivity contribution in [2.24, 2.45) is 5.73 Å². The van der Waals surface area contributed by atoms with Gasteiger partial charge in [-0.1, -0.05) is 0 Å². The van der Waals surface area contributed by atoms with E-state index in [4.69, 9.17) is 10.2 Å². The van der Waals surface area contributed by atoms with Crippen LogP contribution in [0.2, 0.25) is 0 Å². The van der Waals surface area contributed by atoms with E-state index in [9.17, 15) is 9.59 Å². The number of amides is 2. The zero-order chi connectivity index (χ0) is 16.7. The van der Waals surface area contributed by atoms with Gasteiger partial charge in [-0.3, -0.25) is 14.7 Å². The average molecular weight is 329 g/mol. The van der Waals surface area contributed by atoms with Crippen LogP contribution in [0.5, 0.6) is 0 Å². The molecule has 126 valence electrons. The largest absolute Gasteiger partial charge is 0.448 e. The van der Waals surface area contributed by atoms with Crippen molar-refractivity contribution in [2.45, 2.75) is 38.1 Å². The number of furan rings is 1. The third-order valence-electron chi connectivity index (χ3n) is 4.67. The van der Waals surface area contributed by atoms with Gasteiger partial charge in [0.1, 0.15) is 5.76 Å². The van der Waals surface area contributed by atoms with E-state index in [-0.39, 0.29) is 17.7 Å². The van der Waals surface area contributed by atoms with Crippen LogP contribution >= 0.6 is 0 Å². The number of aryl methyl sites for hydroxylation is 1. The fraction of sp³-hybridized carbons (Fsp3) is 0.438. The molecule has 0 bridgehead atoms. The quantitative estimate of drug-likeness (QED) is 0.667. The first-order chi connectivity index (χ1) is 11.6. The summed E-state index contributed by atoms with van der Waals surface area (Å²) in [6.45, 7) is 0.822. The number of nitrogens with zero attached hydrogens (tertiary/aromatic N) is 1. The maximum absolute atomic E-state index is 12.5. The summed E-state index contributed by atoms with van der Waals surface area (Å²) in [5, 5.41) is 13.0. The Morgan fingerprint density at radius 3 is 2.96 bits per heavy atom. The number of H-pyrrole nitrogens is 1. The molecule has 2 amide bonds. The number of carbonyl (C=O) groups excluding carboxylic acids is 2. The second-order valence-electron chi connectivity index (χ2n) is 6.23. The normalized spacial score (nSPS) is 19.4. The summed E-state index contributed by atoms with van der Waals surface area (Å²) in [6, 6.07) is -0.244. The van der Waals surface area contributed by atoms with Crippen LogP contribution in [-0.4, -0.2) is 34.6 Å². The van der Waals surface area contributed by atoms with Gasteiger partial charge < -0.3 is 20.8 Å². The summed E-state index contributed by atoms with van der Waals surface area (Å²) in [5.41, 5.74) is 8.48. The zero-order valence-electron chi connectivity index (χ0n) is 13.1. The van der Waals surface area contributed by atoms with Crippen molar-refractivity contribution in [1.29, 1.82) is 0 Å². The van der Waals surface area contributed by atoms with E-state index in [2.05, 4.69) is 20.8 Å². The third-order valence-corrected chi connectivity index (χ3v) is 4.67. The summed E-state index contributed by atoms with van der Waals surface area (Å²) in [5.74, 6) is -0.279. The van der Waals surface area contributed by atoms with E-state index >= 15 is 0 Å². The van der Waals surface area contributed by atoms with E-state index in [0.717, 1.165) is 49.0 Å². The Hall–Kier alpha value is -2.61. The van der Waals surface area contributed by atoms with Gasteiger partial charge >= 0.3 is 0 Å². The number of rotatable bonds is 3. The van der Waals surface area contributed by atoms with E-state index in [0.29, 0.717) is 17.9 Å². The molecule has 1 aliphatic heterocycles. The molecule has 24 heavy (non-hydrogen) atoms. The second-order valence-corrected chi connectivity index (χ2v) is 6.23. The van der Waals surface area contributed by atoms with Gasteiger partial charge in [0.25, 0.3) is 5.91 Å². The summed E-state index contributed by atoms with van der Waals surface area (Å²) in [7, 11) is 0. The van der Waals surface area contributed by atoms with Crippen molar-refractivity contribution in [3.8, 4) is 11.3 Å². The lowest BCUT2D eigenvalue weighted by molar-refractivity contribution is -0.117. The molecule has 1 fully saturated rings. The topological polar surface area (TPSA) is 126 Å². The highest BCUT2D eigenvalue weighted by molar-refractivity contribution is 6.04. The predicted octanol–water partition coefficient (Wildman–Crippen LogP) is 0.948. The molecule has 3 heterocycles. The van der Waals surface area contributed by atoms with Crippen molar-refractivity contribution in [2.75, 3.05) is 11.9 Å². The van der Waals surface area contributed by atoms with Crippen LogP contribution in [0.15, 0.2) is 10.6 Å². The van der Waals surface area contributed by atoms with Gasteiger partial charge in [0.05, 0.1) is 23.5 Å². The number of nitrogens with one attached hydrogen (secondary N) is 3. The summed E-state index contributed by atoms with van der Waals surface area (Å²) in [6.07, 6.45) is 5.82. The van der Waals surface area contributed by atoms with Crippen LogP contribution in [0.3, 0.4) is 0 Å². The Kier molecular flexibility index (Phi) is 3.61. The Labute approximate surface area is 138 Å². The molecule has 4 rings (SSSR count). The summed E-state index contributed by atoms with van der Waals surface area (Å²) < 4.78 is 5.76. The number of primary amides is 1. The smallest absolute Gasteiger partial charge is 0.286 e. The van der Waals surface area contributed by atoms with Crippen LogP contribution in [0, 0.1) is 0 Å². The van der Waals surface area contributed by atoms with Gasteiger partial charge in [0.2, 0.25) is 11.7 Å². The Morgan fingerprint density at radius 2 is 2.21 bits per heavy atom. The van der Waals surface area contributed by atoms with Crippen LogP contribution in [0.1, 0.15) is 41.1 Å². The molecule has 2 aliphatic rings. The second kappa shape index (κ2) is 5.79. The van der Waals surface area contributed by atoms with Gasteiger partial charge in [0, 0.05) is 11.3 Å². The van der Waals surface area contributed by atoms with Crippen LogP contribution in [0.4, 0.5) is 5.69 Å². The average Bonchev–Trinajstić information content (AvgIpc) is 3.26. The number of aromatic nitrogens is 2. The highest BCUT2D eigenvalue weighted by Crippen LogP contribution is 2.39. The molecule has 0 aromatic carbocycles. The standard InChI is InChI=1S/C16H19N5O3/c17-15(22)14-12(20-16(23)11-5-2-6-18-11)8-3-1-4-10-9(7-19-21-10)13(8)24-14/h7,11,18H,1-6H2,(H2,17,22)(H,19,21)(H,20,23)/t11-/m1/s1. The molecule has 8 heteroatoms. The van der Waals surface area contributed by atoms with Gasteiger partial charge in [-0.05, 0) is 38.6 Å². The first-order valence-corrected chi connectivity index (χ1v) is 8.17. The van der Waals surface area contributed by atoms with Crippen LogP contribution < -0.4 is 16.4 Å². The number of hydrogen-bond donors (Lipinski definition) is 4. The summed E-state index contributed by atoms with van der Waals surface area (Å²) in [4.78, 5) is 24.3. The van der Waals surface area contributed by atoms with Crippen molar-refractivity contribution >= 4 is 17.5 Å². The molecule has 0 radical (unpaired) electrons. The molecular weight excluding hydrogens is 310 g/mol. The van der Waals surface area contributed by atoms with Crippen molar-refractivity contribution < 1.29 is 14.0 Å². The Balaban J connectivity index is 1.76. The number of nitrogens with two attached hydrogens (primary N) is 1. The fourth-order valence-corrected chi connectivity index (χ4v) is 3.49. The van der Waals surface area contributed by atoms with Crippen molar-refractivity contribution in [3.63, 3.8) is 0 Å². The number of fused-ring (bicyclic) bond motifs is 3.